The molecule has 4 rings (SSSR count). The Hall–Kier alpha value is -3.28. The lowest BCUT2D eigenvalue weighted by atomic mass is 9.64. The fourth-order valence-corrected chi connectivity index (χ4v) is 3.24. The molecule has 6 nitrogen and oxygen atoms in total. The highest BCUT2D eigenvalue weighted by Gasteiger charge is 2.17. The van der Waals surface area contributed by atoms with E-state index in [0.29, 0.717) is 11.4 Å². The summed E-state index contributed by atoms with van der Waals surface area (Å²) in [6, 6.07) is 3.64. The minimum absolute atomic E-state index is 0.0304. The van der Waals surface area contributed by atoms with Crippen LogP contribution >= 0.6 is 0 Å². The van der Waals surface area contributed by atoms with Gasteiger partial charge in [-0.15, -0.1) is 10.9 Å². The second-order valence-corrected chi connectivity index (χ2v) is 6.98. The van der Waals surface area contributed by atoms with Gasteiger partial charge in [-0.05, 0) is 24.4 Å². The Morgan fingerprint density at radius 2 is 1.60 bits per heavy atom. The van der Waals surface area contributed by atoms with Crippen molar-refractivity contribution >= 4 is 75.7 Å². The lowest BCUT2D eigenvalue weighted by Crippen LogP contribution is -2.49. The van der Waals surface area contributed by atoms with Gasteiger partial charge in [-0.2, -0.15) is 0 Å². The number of imidazole rings is 1. The molecule has 0 aliphatic heterocycles. The first-order valence-corrected chi connectivity index (χ1v) is 9.04. The van der Waals surface area contributed by atoms with Crippen molar-refractivity contribution in [3.63, 3.8) is 0 Å². The number of hydrogen-bond acceptors (Lipinski definition) is 4. The summed E-state index contributed by atoms with van der Waals surface area (Å²) in [6.45, 7) is 1.69. The number of fused-ring (bicyclic) bond motifs is 1. The Kier molecular flexibility index (Phi) is 5.02. The van der Waals surface area contributed by atoms with Crippen molar-refractivity contribution in [2.75, 3.05) is 5.32 Å². The number of pyridine rings is 2. The van der Waals surface area contributed by atoms with Crippen LogP contribution in [0.15, 0.2) is 37.1 Å². The molecule has 0 spiro atoms. The van der Waals surface area contributed by atoms with E-state index in [-0.39, 0.29) is 27.4 Å². The van der Waals surface area contributed by atoms with Crippen LogP contribution in [-0.2, 0) is 7.05 Å². The van der Waals surface area contributed by atoms with Gasteiger partial charge in [0, 0.05) is 30.4 Å². The molecule has 0 saturated carbocycles. The number of aromatic nitrogens is 4. The number of rotatable bonds is 3. The normalized spacial score (nSPS) is 11.0. The van der Waals surface area contributed by atoms with Crippen molar-refractivity contribution in [1.82, 2.24) is 19.5 Å². The van der Waals surface area contributed by atoms with Gasteiger partial charge in [-0.3, -0.25) is 9.78 Å². The number of nitrogens with zero attached hydrogens (tertiary/aromatic N) is 4. The Labute approximate surface area is 179 Å². The third kappa shape index (κ3) is 3.32. The second-order valence-electron chi connectivity index (χ2n) is 6.98. The van der Waals surface area contributed by atoms with Crippen molar-refractivity contribution in [3.8, 4) is 11.4 Å². The van der Waals surface area contributed by atoms with Gasteiger partial charge in [-0.1, -0.05) is 16.5 Å². The Balaban J connectivity index is 1.71. The lowest BCUT2D eigenvalue weighted by molar-refractivity contribution is 0.102. The summed E-state index contributed by atoms with van der Waals surface area (Å²) in [7, 11) is 25.9. The predicted molar refractivity (Wildman–Crippen MR) is 122 cm³/mol. The van der Waals surface area contributed by atoms with Crippen LogP contribution in [0, 0.1) is 6.92 Å². The van der Waals surface area contributed by atoms with E-state index in [1.807, 2.05) is 17.7 Å². The molecule has 8 radical (unpaired) electrons. The van der Waals surface area contributed by atoms with Gasteiger partial charge in [-0.25, -0.2) is 9.97 Å². The number of aryl methyl sites for hydroxylation is 1. The predicted octanol–water partition coefficient (Wildman–Crippen LogP) is -1.23. The Morgan fingerprint density at radius 1 is 0.933 bits per heavy atom. The van der Waals surface area contributed by atoms with Crippen molar-refractivity contribution in [2.24, 2.45) is 7.05 Å². The molecule has 1 aromatic carbocycles. The standard InChI is InChI=1S/C20H13B4N5O/c1-9-16(21)18(23)15(19(24)17(9)22)20(30)28-14-4-10-3-12(13-7-25-8-29(13)2)26-5-11(10)6-27-14/h3-8H,1-2H3,(H,27,28,30). The number of amides is 1. The number of hydrogen-bond donors (Lipinski definition) is 1. The van der Waals surface area contributed by atoms with Gasteiger partial charge in [0.15, 0.2) is 0 Å². The van der Waals surface area contributed by atoms with E-state index < -0.39 is 5.91 Å². The zero-order chi connectivity index (χ0) is 21.6. The van der Waals surface area contributed by atoms with E-state index in [1.165, 1.54) is 0 Å². The van der Waals surface area contributed by atoms with Crippen molar-refractivity contribution < 1.29 is 4.79 Å². The van der Waals surface area contributed by atoms with Gasteiger partial charge in [0.2, 0.25) is 0 Å². The summed E-state index contributed by atoms with van der Waals surface area (Å²) in [5.74, 6) is -0.220. The highest BCUT2D eigenvalue weighted by molar-refractivity contribution is 6.60. The molecule has 0 bridgehead atoms. The fraction of sp³-hybridized carbons (Fsp3) is 0.100. The van der Waals surface area contributed by atoms with Crippen molar-refractivity contribution in [3.05, 3.63) is 48.2 Å². The summed E-state index contributed by atoms with van der Waals surface area (Å²) in [5.41, 5.74) is 2.81. The molecule has 10 heteroatoms. The first-order chi connectivity index (χ1) is 14.3. The first-order valence-electron chi connectivity index (χ1n) is 9.04. The number of carbonyl (C=O) groups excluding carboxylic acids is 1. The maximum atomic E-state index is 12.9. The molecular formula is C20H13B4N5O. The topological polar surface area (TPSA) is 72.7 Å². The molecule has 1 amide bonds. The molecule has 30 heavy (non-hydrogen) atoms. The fourth-order valence-electron chi connectivity index (χ4n) is 3.24. The van der Waals surface area contributed by atoms with Gasteiger partial charge in [0.1, 0.15) is 37.2 Å². The third-order valence-corrected chi connectivity index (χ3v) is 5.08. The van der Waals surface area contributed by atoms with Crippen molar-refractivity contribution in [2.45, 2.75) is 6.92 Å². The molecule has 0 aliphatic rings. The largest absolute Gasteiger partial charge is 0.332 e. The molecule has 3 aromatic heterocycles. The molecule has 0 saturated heterocycles. The number of nitrogens with one attached hydrogen (secondary N) is 1. The number of benzene rings is 1. The summed E-state index contributed by atoms with van der Waals surface area (Å²) in [4.78, 5) is 25.7. The molecule has 1 N–H and O–H groups in total. The van der Waals surface area contributed by atoms with Gasteiger partial charge in [0.05, 0.1) is 23.9 Å². The van der Waals surface area contributed by atoms with Crippen LogP contribution in [-0.4, -0.2) is 56.8 Å². The van der Waals surface area contributed by atoms with Crippen LogP contribution < -0.4 is 27.2 Å². The Bertz CT molecular complexity index is 1290. The van der Waals surface area contributed by atoms with Crippen LogP contribution in [0.2, 0.25) is 0 Å². The van der Waals surface area contributed by atoms with Crippen LogP contribution in [0.3, 0.4) is 0 Å². The highest BCUT2D eigenvalue weighted by atomic mass is 16.1. The lowest BCUT2D eigenvalue weighted by Gasteiger charge is -2.19. The zero-order valence-electron chi connectivity index (χ0n) is 16.5. The van der Waals surface area contributed by atoms with Crippen LogP contribution in [0.4, 0.5) is 5.82 Å². The smallest absolute Gasteiger partial charge is 0.255 e. The van der Waals surface area contributed by atoms with E-state index in [2.05, 4.69) is 20.3 Å². The summed E-state index contributed by atoms with van der Waals surface area (Å²) >= 11 is 0. The highest BCUT2D eigenvalue weighted by Crippen LogP contribution is 2.22. The second kappa shape index (κ2) is 7.52. The van der Waals surface area contributed by atoms with E-state index in [0.717, 1.165) is 22.2 Å². The third-order valence-electron chi connectivity index (χ3n) is 5.08. The van der Waals surface area contributed by atoms with Crippen LogP contribution in [0.5, 0.6) is 0 Å². The van der Waals surface area contributed by atoms with Gasteiger partial charge >= 0.3 is 0 Å². The molecule has 0 unspecified atom stereocenters. The molecule has 0 atom stereocenters. The minimum atomic E-state index is -0.545. The van der Waals surface area contributed by atoms with E-state index >= 15 is 0 Å². The van der Waals surface area contributed by atoms with Gasteiger partial charge in [0.25, 0.3) is 5.91 Å². The number of anilines is 1. The van der Waals surface area contributed by atoms with Gasteiger partial charge < -0.3 is 9.88 Å². The average molecular weight is 383 g/mol. The van der Waals surface area contributed by atoms with Crippen LogP contribution in [0.25, 0.3) is 22.2 Å². The molecule has 136 valence electrons. The summed E-state index contributed by atoms with van der Waals surface area (Å²) < 4.78 is 1.87. The molecule has 4 aromatic rings. The minimum Gasteiger partial charge on any atom is -0.332 e. The first kappa shape index (κ1) is 20.0. The van der Waals surface area contributed by atoms with E-state index in [4.69, 9.17) is 31.4 Å². The average Bonchev–Trinajstić information content (AvgIpc) is 3.16. The number of carbonyl (C=O) groups is 1. The summed E-state index contributed by atoms with van der Waals surface area (Å²) in [6.07, 6.45) is 6.77. The monoisotopic (exact) mass is 383 g/mol. The zero-order valence-corrected chi connectivity index (χ0v) is 16.5. The maximum absolute atomic E-state index is 12.9. The van der Waals surface area contributed by atoms with E-state index in [1.54, 1.807) is 37.9 Å². The Morgan fingerprint density at radius 3 is 2.23 bits per heavy atom. The van der Waals surface area contributed by atoms with Crippen LogP contribution in [0.1, 0.15) is 15.9 Å². The maximum Gasteiger partial charge on any atom is 0.255 e. The molecule has 3 heterocycles. The van der Waals surface area contributed by atoms with Crippen molar-refractivity contribution in [1.29, 1.82) is 0 Å². The van der Waals surface area contributed by atoms with E-state index in [9.17, 15) is 4.79 Å². The quantitative estimate of drug-likeness (QED) is 0.450. The summed E-state index contributed by atoms with van der Waals surface area (Å²) in [5, 5.41) is 4.38. The SMILES string of the molecule is [B]c1c([B])c(C(=O)Nc2cc3cc(-c4cncn4C)ncc3cn2)c([B])c([B])c1C. The molecule has 0 fully saturated rings. The molecule has 0 aliphatic carbocycles. The molecular weight excluding hydrogens is 370 g/mol.